The number of carbonyl (C=O) groups is 2. The van der Waals surface area contributed by atoms with E-state index >= 15 is 0 Å². The molecule has 0 amide bonds. The van der Waals surface area contributed by atoms with E-state index in [4.69, 9.17) is 9.47 Å². The predicted octanol–water partition coefficient (Wildman–Crippen LogP) is 11.7. The van der Waals surface area contributed by atoms with Gasteiger partial charge in [0.25, 0.3) is 0 Å². The fourth-order valence-electron chi connectivity index (χ4n) is 4.55. The van der Waals surface area contributed by atoms with E-state index in [9.17, 15) is 14.7 Å². The van der Waals surface area contributed by atoms with Crippen molar-refractivity contribution in [2.75, 3.05) is 13.2 Å². The molecule has 0 saturated carbocycles. The zero-order valence-electron chi connectivity index (χ0n) is 30.5. The van der Waals surface area contributed by atoms with Gasteiger partial charge in [0.15, 0.2) is 6.10 Å². The second kappa shape index (κ2) is 38.3. The summed E-state index contributed by atoms with van der Waals surface area (Å²) >= 11 is 0. The molecule has 1 atom stereocenters. The number of aliphatic hydroxyl groups excluding tert-OH is 1. The van der Waals surface area contributed by atoms with Crippen molar-refractivity contribution < 1.29 is 24.2 Å². The Morgan fingerprint density at radius 1 is 0.500 bits per heavy atom. The lowest BCUT2D eigenvalue weighted by Crippen LogP contribution is -2.28. The number of aliphatic hydroxyl groups is 1. The van der Waals surface area contributed by atoms with Crippen LogP contribution in [0.3, 0.4) is 0 Å². The van der Waals surface area contributed by atoms with Crippen LogP contribution in [0.2, 0.25) is 0 Å². The van der Waals surface area contributed by atoms with Gasteiger partial charge in [0.1, 0.15) is 6.61 Å². The van der Waals surface area contributed by atoms with E-state index in [0.717, 1.165) is 77.0 Å². The Labute approximate surface area is 294 Å². The van der Waals surface area contributed by atoms with Crippen molar-refractivity contribution in [3.8, 4) is 0 Å². The lowest BCUT2D eigenvalue weighted by Gasteiger charge is -2.15. The van der Waals surface area contributed by atoms with Gasteiger partial charge in [0, 0.05) is 12.8 Å². The fourth-order valence-corrected chi connectivity index (χ4v) is 4.55. The third-order valence-corrected chi connectivity index (χ3v) is 7.38. The SMILES string of the molecule is CC/C=C\C/C=C\C/C=C\C/C=C\C/C=C\C/C=C\CCC(=O)OC[C@H](CO)OC(=O)CCCCCCC/C=C\C/C=C\CCCCC. The highest BCUT2D eigenvalue weighted by Crippen LogP contribution is 2.10. The second-order valence-electron chi connectivity index (χ2n) is 11.9. The smallest absolute Gasteiger partial charge is 0.306 e. The minimum atomic E-state index is -0.815. The summed E-state index contributed by atoms with van der Waals surface area (Å²) in [5.41, 5.74) is 0. The van der Waals surface area contributed by atoms with Crippen molar-refractivity contribution in [3.63, 3.8) is 0 Å². The highest BCUT2D eigenvalue weighted by atomic mass is 16.6. The van der Waals surface area contributed by atoms with E-state index in [1.807, 2.05) is 12.2 Å². The maximum absolute atomic E-state index is 12.1. The van der Waals surface area contributed by atoms with Crippen molar-refractivity contribution in [1.29, 1.82) is 0 Å². The number of ether oxygens (including phenoxy) is 2. The van der Waals surface area contributed by atoms with Gasteiger partial charge in [0.05, 0.1) is 6.61 Å². The molecule has 0 aromatic rings. The lowest BCUT2D eigenvalue weighted by molar-refractivity contribution is -0.161. The molecule has 0 aromatic carbocycles. The van der Waals surface area contributed by atoms with Gasteiger partial charge >= 0.3 is 11.9 Å². The van der Waals surface area contributed by atoms with Crippen molar-refractivity contribution in [2.45, 2.75) is 148 Å². The molecule has 0 aliphatic heterocycles. The topological polar surface area (TPSA) is 72.8 Å². The summed E-state index contributed by atoms with van der Waals surface area (Å²) in [5, 5.41) is 9.53. The maximum Gasteiger partial charge on any atom is 0.306 e. The zero-order valence-corrected chi connectivity index (χ0v) is 30.5. The number of unbranched alkanes of at least 4 members (excludes halogenated alkanes) is 8. The molecule has 270 valence electrons. The summed E-state index contributed by atoms with van der Waals surface area (Å²) in [6.45, 7) is 3.89. The normalized spacial score (nSPS) is 13.3. The highest BCUT2D eigenvalue weighted by Gasteiger charge is 2.15. The number of rotatable bonds is 32. The van der Waals surface area contributed by atoms with Gasteiger partial charge in [0.2, 0.25) is 0 Å². The van der Waals surface area contributed by atoms with Gasteiger partial charge in [-0.05, 0) is 83.5 Å². The molecule has 0 rings (SSSR count). The number of hydrogen-bond donors (Lipinski definition) is 1. The third kappa shape index (κ3) is 35.7. The van der Waals surface area contributed by atoms with Crippen LogP contribution in [0, 0.1) is 0 Å². The van der Waals surface area contributed by atoms with Gasteiger partial charge in [-0.1, -0.05) is 143 Å². The Balaban J connectivity index is 3.77. The molecular weight excluding hydrogens is 596 g/mol. The fraction of sp³-hybridized carbons (Fsp3) is 0.581. The quantitative estimate of drug-likeness (QED) is 0.0440. The zero-order chi connectivity index (χ0) is 35.0. The molecule has 0 saturated heterocycles. The van der Waals surface area contributed by atoms with Crippen LogP contribution in [0.25, 0.3) is 0 Å². The predicted molar refractivity (Wildman–Crippen MR) is 205 cm³/mol. The van der Waals surface area contributed by atoms with Crippen LogP contribution in [0.4, 0.5) is 0 Å². The first-order valence-corrected chi connectivity index (χ1v) is 18.8. The molecule has 0 fully saturated rings. The Morgan fingerprint density at radius 2 is 0.938 bits per heavy atom. The molecule has 0 heterocycles. The Bertz CT molecular complexity index is 979. The van der Waals surface area contributed by atoms with Gasteiger partial charge in [-0.3, -0.25) is 9.59 Å². The van der Waals surface area contributed by atoms with E-state index in [-0.39, 0.29) is 31.6 Å². The van der Waals surface area contributed by atoms with Crippen LogP contribution in [-0.2, 0) is 19.1 Å². The molecule has 0 spiro atoms. The summed E-state index contributed by atoms with van der Waals surface area (Å²) in [5.74, 6) is -0.716. The van der Waals surface area contributed by atoms with Gasteiger partial charge in [-0.2, -0.15) is 0 Å². The Hall–Kier alpha value is -3.18. The van der Waals surface area contributed by atoms with Crippen LogP contribution in [0.15, 0.2) is 97.2 Å². The number of carbonyl (C=O) groups excluding carboxylic acids is 2. The van der Waals surface area contributed by atoms with E-state index in [0.29, 0.717) is 12.8 Å². The third-order valence-electron chi connectivity index (χ3n) is 7.38. The number of hydrogen-bond acceptors (Lipinski definition) is 5. The van der Waals surface area contributed by atoms with Crippen molar-refractivity contribution in [3.05, 3.63) is 97.2 Å². The molecule has 0 aliphatic carbocycles. The molecule has 0 unspecified atom stereocenters. The molecular formula is C43H68O5. The van der Waals surface area contributed by atoms with Gasteiger partial charge in [-0.25, -0.2) is 0 Å². The summed E-state index contributed by atoms with van der Waals surface area (Å²) in [4.78, 5) is 24.2. The Morgan fingerprint density at radius 3 is 1.44 bits per heavy atom. The standard InChI is InChI=1S/C43H68O5/c1-3-5-7-9-11-13-15-17-19-20-21-22-24-25-27-29-31-33-35-37-42(45)47-40-41(39-44)48-43(46)38-36-34-32-30-28-26-23-18-16-14-12-10-8-6-4-2/h5,7,11-14,17-19,21-23,25,27,31,33,41,44H,3-4,6,8-10,15-16,20,24,26,28-30,32,34-40H2,1-2H3/b7-5-,13-11-,14-12-,19-17-,22-21-,23-18-,27-25-,33-31-/t41-/m0/s1. The molecule has 0 aromatic heterocycles. The van der Waals surface area contributed by atoms with E-state index in [1.165, 1.54) is 32.1 Å². The average molecular weight is 665 g/mol. The largest absolute Gasteiger partial charge is 0.462 e. The van der Waals surface area contributed by atoms with Crippen LogP contribution in [-0.4, -0.2) is 36.4 Å². The van der Waals surface area contributed by atoms with Crippen LogP contribution >= 0.6 is 0 Å². The van der Waals surface area contributed by atoms with E-state index in [1.54, 1.807) is 0 Å². The minimum Gasteiger partial charge on any atom is -0.462 e. The first-order valence-electron chi connectivity index (χ1n) is 18.8. The summed E-state index contributed by atoms with van der Waals surface area (Å²) in [6, 6.07) is 0. The molecule has 48 heavy (non-hydrogen) atoms. The van der Waals surface area contributed by atoms with Gasteiger partial charge < -0.3 is 14.6 Å². The first-order chi connectivity index (χ1) is 23.6. The van der Waals surface area contributed by atoms with Crippen LogP contribution in [0.1, 0.15) is 142 Å². The van der Waals surface area contributed by atoms with Crippen LogP contribution in [0.5, 0.6) is 0 Å². The first kappa shape index (κ1) is 44.8. The van der Waals surface area contributed by atoms with Crippen LogP contribution < -0.4 is 0 Å². The lowest BCUT2D eigenvalue weighted by atomic mass is 10.1. The molecule has 0 radical (unpaired) electrons. The average Bonchev–Trinajstić information content (AvgIpc) is 3.09. The summed E-state index contributed by atoms with van der Waals surface area (Å²) in [6.07, 6.45) is 53.3. The highest BCUT2D eigenvalue weighted by molar-refractivity contribution is 5.70. The van der Waals surface area contributed by atoms with Gasteiger partial charge in [-0.15, -0.1) is 0 Å². The second-order valence-corrected chi connectivity index (χ2v) is 11.9. The number of allylic oxidation sites excluding steroid dienone is 16. The van der Waals surface area contributed by atoms with Crippen molar-refractivity contribution in [1.82, 2.24) is 0 Å². The minimum absolute atomic E-state index is 0.118. The molecule has 1 N–H and O–H groups in total. The molecule has 0 bridgehead atoms. The van der Waals surface area contributed by atoms with E-state index < -0.39 is 6.10 Å². The van der Waals surface area contributed by atoms with E-state index in [2.05, 4.69) is 98.9 Å². The summed E-state index contributed by atoms with van der Waals surface area (Å²) in [7, 11) is 0. The van der Waals surface area contributed by atoms with Crippen molar-refractivity contribution in [2.24, 2.45) is 0 Å². The maximum atomic E-state index is 12.1. The number of esters is 2. The Kier molecular flexibility index (Phi) is 35.7. The monoisotopic (exact) mass is 665 g/mol. The van der Waals surface area contributed by atoms with Crippen molar-refractivity contribution >= 4 is 11.9 Å². The summed E-state index contributed by atoms with van der Waals surface area (Å²) < 4.78 is 10.5. The molecule has 0 aliphatic rings. The molecule has 5 nitrogen and oxygen atoms in total. The molecule has 5 heteroatoms.